The van der Waals surface area contributed by atoms with Crippen molar-refractivity contribution in [1.82, 2.24) is 20.4 Å². The van der Waals surface area contributed by atoms with Crippen molar-refractivity contribution in [1.29, 1.82) is 0 Å². The molecule has 0 aliphatic carbocycles. The summed E-state index contributed by atoms with van der Waals surface area (Å²) in [6, 6.07) is 16.4. The molecule has 0 radical (unpaired) electrons. The largest absolute Gasteiger partial charge is 0.349 e. The van der Waals surface area contributed by atoms with E-state index in [4.69, 9.17) is 0 Å². The first-order valence-electron chi connectivity index (χ1n) is 10.0. The second-order valence-electron chi connectivity index (χ2n) is 7.55. The highest BCUT2D eigenvalue weighted by molar-refractivity contribution is 5.93. The molecule has 4 rings (SSSR count). The van der Waals surface area contributed by atoms with Crippen LogP contribution in [0.15, 0.2) is 54.6 Å². The van der Waals surface area contributed by atoms with E-state index in [1.54, 1.807) is 18.2 Å². The molecule has 29 heavy (non-hydrogen) atoms. The molecule has 1 fully saturated rings. The van der Waals surface area contributed by atoms with Gasteiger partial charge in [0.1, 0.15) is 11.5 Å². The van der Waals surface area contributed by atoms with E-state index in [1.807, 2.05) is 31.2 Å². The lowest BCUT2D eigenvalue weighted by molar-refractivity contribution is 0.0933. The summed E-state index contributed by atoms with van der Waals surface area (Å²) in [5, 5.41) is 10.1. The van der Waals surface area contributed by atoms with Crippen molar-refractivity contribution in [2.24, 2.45) is 0 Å². The predicted molar refractivity (Wildman–Crippen MR) is 111 cm³/mol. The summed E-state index contributed by atoms with van der Waals surface area (Å²) in [5.74, 6) is -0.443. The molecule has 1 unspecified atom stereocenters. The van der Waals surface area contributed by atoms with Gasteiger partial charge in [0.05, 0.1) is 11.7 Å². The van der Waals surface area contributed by atoms with Gasteiger partial charge in [-0.15, -0.1) is 0 Å². The Kier molecular flexibility index (Phi) is 5.71. The van der Waals surface area contributed by atoms with Crippen molar-refractivity contribution >= 4 is 5.91 Å². The molecular formula is C23H25FN4O. The van der Waals surface area contributed by atoms with Crippen molar-refractivity contribution in [2.45, 2.75) is 25.8 Å². The third kappa shape index (κ3) is 4.54. The average Bonchev–Trinajstić information content (AvgIpc) is 3.42. The molecule has 1 atom stereocenters. The molecule has 1 aliphatic heterocycles. The van der Waals surface area contributed by atoms with Crippen LogP contribution in [0.5, 0.6) is 0 Å². The van der Waals surface area contributed by atoms with Crippen molar-refractivity contribution < 1.29 is 9.18 Å². The minimum Gasteiger partial charge on any atom is -0.349 e. The summed E-state index contributed by atoms with van der Waals surface area (Å²) in [4.78, 5) is 15.0. The third-order valence-corrected chi connectivity index (χ3v) is 5.46. The van der Waals surface area contributed by atoms with Crippen LogP contribution in [-0.2, 0) is 0 Å². The zero-order chi connectivity index (χ0) is 20.2. The average molecular weight is 392 g/mol. The monoisotopic (exact) mass is 392 g/mol. The number of likely N-dealkylation sites (tertiary alicyclic amines) is 1. The van der Waals surface area contributed by atoms with Crippen molar-refractivity contribution in [3.8, 4) is 11.3 Å². The molecule has 0 spiro atoms. The molecule has 0 saturated carbocycles. The third-order valence-electron chi connectivity index (χ3n) is 5.46. The van der Waals surface area contributed by atoms with Crippen LogP contribution in [0.3, 0.4) is 0 Å². The topological polar surface area (TPSA) is 61.0 Å². The number of carbonyl (C=O) groups is 1. The first-order valence-corrected chi connectivity index (χ1v) is 10.0. The van der Waals surface area contributed by atoms with Gasteiger partial charge < -0.3 is 5.32 Å². The van der Waals surface area contributed by atoms with Crippen LogP contribution in [0.25, 0.3) is 11.3 Å². The van der Waals surface area contributed by atoms with E-state index >= 15 is 0 Å². The van der Waals surface area contributed by atoms with Crippen molar-refractivity contribution in [3.05, 3.63) is 77.2 Å². The number of aromatic nitrogens is 2. The molecule has 0 bridgehead atoms. The van der Waals surface area contributed by atoms with Crippen LogP contribution in [0.4, 0.5) is 4.39 Å². The quantitative estimate of drug-likeness (QED) is 0.664. The Morgan fingerprint density at radius 3 is 2.52 bits per heavy atom. The van der Waals surface area contributed by atoms with Crippen LogP contribution < -0.4 is 5.32 Å². The number of hydrogen-bond acceptors (Lipinski definition) is 3. The van der Waals surface area contributed by atoms with E-state index in [0.717, 1.165) is 42.8 Å². The number of rotatable bonds is 6. The number of nitrogens with zero attached hydrogens (tertiary/aromatic N) is 2. The van der Waals surface area contributed by atoms with Gasteiger partial charge in [0, 0.05) is 12.1 Å². The number of benzene rings is 2. The fourth-order valence-corrected chi connectivity index (χ4v) is 3.79. The molecule has 1 aromatic heterocycles. The smallest absolute Gasteiger partial charge is 0.269 e. The molecule has 150 valence electrons. The molecule has 2 aromatic carbocycles. The fourth-order valence-electron chi connectivity index (χ4n) is 3.79. The molecular weight excluding hydrogens is 367 g/mol. The molecule has 1 amide bonds. The van der Waals surface area contributed by atoms with Gasteiger partial charge in [0.25, 0.3) is 5.91 Å². The van der Waals surface area contributed by atoms with Crippen molar-refractivity contribution in [2.75, 3.05) is 19.6 Å². The van der Waals surface area contributed by atoms with Gasteiger partial charge in [0.2, 0.25) is 0 Å². The molecule has 3 aromatic rings. The van der Waals surface area contributed by atoms with E-state index in [0.29, 0.717) is 12.2 Å². The second-order valence-corrected chi connectivity index (χ2v) is 7.55. The minimum atomic E-state index is -0.251. The minimum absolute atomic E-state index is 0.0292. The van der Waals surface area contributed by atoms with Gasteiger partial charge in [-0.05, 0) is 56.6 Å². The number of aromatic amines is 1. The van der Waals surface area contributed by atoms with E-state index < -0.39 is 0 Å². The van der Waals surface area contributed by atoms with Gasteiger partial charge in [-0.1, -0.05) is 42.0 Å². The Labute approximate surface area is 169 Å². The highest BCUT2D eigenvalue weighted by Gasteiger charge is 2.24. The summed E-state index contributed by atoms with van der Waals surface area (Å²) >= 11 is 0. The first-order chi connectivity index (χ1) is 14.1. The lowest BCUT2D eigenvalue weighted by Gasteiger charge is -2.28. The number of hydrogen-bond donors (Lipinski definition) is 2. The number of carbonyl (C=O) groups excluding carboxylic acids is 1. The Morgan fingerprint density at radius 1 is 1.14 bits per heavy atom. The summed E-state index contributed by atoms with van der Waals surface area (Å²) in [6.45, 7) is 4.47. The summed E-state index contributed by atoms with van der Waals surface area (Å²) in [6.07, 6.45) is 2.29. The zero-order valence-corrected chi connectivity index (χ0v) is 16.5. The van der Waals surface area contributed by atoms with Gasteiger partial charge in [-0.3, -0.25) is 14.8 Å². The highest BCUT2D eigenvalue weighted by Crippen LogP contribution is 2.25. The number of aryl methyl sites for hydroxylation is 1. The number of amides is 1. The summed E-state index contributed by atoms with van der Waals surface area (Å²) in [7, 11) is 0. The zero-order valence-electron chi connectivity index (χ0n) is 16.5. The maximum atomic E-state index is 13.3. The lowest BCUT2D eigenvalue weighted by Crippen LogP contribution is -2.37. The molecule has 2 heterocycles. The normalized spacial score (nSPS) is 15.4. The molecule has 5 nitrogen and oxygen atoms in total. The van der Waals surface area contributed by atoms with E-state index in [1.165, 1.54) is 17.7 Å². The SMILES string of the molecule is Cc1ccc(-c2cc(C(=O)NCC(c3ccc(F)cc3)N3CCCC3)[nH]n2)cc1. The Hall–Kier alpha value is -2.99. The fraction of sp³-hybridized carbons (Fsp3) is 0.304. The van der Waals surface area contributed by atoms with Gasteiger partial charge in [0.15, 0.2) is 0 Å². The Morgan fingerprint density at radius 2 is 1.83 bits per heavy atom. The van der Waals surface area contributed by atoms with Crippen LogP contribution >= 0.6 is 0 Å². The molecule has 2 N–H and O–H groups in total. The van der Waals surface area contributed by atoms with E-state index in [2.05, 4.69) is 20.4 Å². The summed E-state index contributed by atoms with van der Waals surface area (Å²) < 4.78 is 13.3. The van der Waals surface area contributed by atoms with Crippen LogP contribution in [0.1, 0.15) is 40.5 Å². The highest BCUT2D eigenvalue weighted by atomic mass is 19.1. The van der Waals surface area contributed by atoms with E-state index in [9.17, 15) is 9.18 Å². The number of H-pyrrole nitrogens is 1. The van der Waals surface area contributed by atoms with Crippen LogP contribution in [-0.4, -0.2) is 40.6 Å². The number of halogens is 1. The Balaban J connectivity index is 1.45. The first kappa shape index (κ1) is 19.3. The van der Waals surface area contributed by atoms with Crippen molar-refractivity contribution in [3.63, 3.8) is 0 Å². The van der Waals surface area contributed by atoms with E-state index in [-0.39, 0.29) is 17.8 Å². The number of nitrogens with one attached hydrogen (secondary N) is 2. The molecule has 1 saturated heterocycles. The summed E-state index contributed by atoms with van der Waals surface area (Å²) in [5.41, 5.74) is 4.33. The predicted octanol–water partition coefficient (Wildman–Crippen LogP) is 4.09. The molecule has 1 aliphatic rings. The standard InChI is InChI=1S/C23H25FN4O/c1-16-4-6-17(7-5-16)20-14-21(27-26-20)23(29)25-15-22(28-12-2-3-13-28)18-8-10-19(24)11-9-18/h4-11,14,22H,2-3,12-13,15H2,1H3,(H,25,29)(H,26,27). The van der Waals surface area contributed by atoms with Gasteiger partial charge in [-0.25, -0.2) is 4.39 Å². The Bertz CT molecular complexity index is 959. The molecule has 6 heteroatoms. The van der Waals surface area contributed by atoms with Crippen LogP contribution in [0, 0.1) is 12.7 Å². The van der Waals surface area contributed by atoms with Crippen LogP contribution in [0.2, 0.25) is 0 Å². The van der Waals surface area contributed by atoms with Gasteiger partial charge >= 0.3 is 0 Å². The maximum Gasteiger partial charge on any atom is 0.269 e. The van der Waals surface area contributed by atoms with Gasteiger partial charge in [-0.2, -0.15) is 5.10 Å². The lowest BCUT2D eigenvalue weighted by atomic mass is 10.1. The maximum absolute atomic E-state index is 13.3. The second kappa shape index (κ2) is 8.57.